The maximum absolute atomic E-state index is 12.6. The third-order valence-electron chi connectivity index (χ3n) is 2.49. The standard InChI is InChI=1S/C6H9BrF4.C6H8F4.BrH/c1-5(8,3-2-4-7)6(9,10)11;1-3-4-5(2,7)6(8,9)10;/h2-4H2,1H3;3H,1,4H2,2H3;1H. The van der Waals surface area contributed by atoms with Gasteiger partial charge in [0.05, 0.1) is 0 Å². The summed E-state index contributed by atoms with van der Waals surface area (Å²) < 4.78 is 95.1. The summed E-state index contributed by atoms with van der Waals surface area (Å²) >= 11 is 2.93. The average Bonchev–Trinajstić information content (AvgIpc) is 2.24. The van der Waals surface area contributed by atoms with Gasteiger partial charge in [-0.3, -0.25) is 0 Å². The van der Waals surface area contributed by atoms with E-state index in [9.17, 15) is 35.1 Å². The molecule has 0 aromatic heterocycles. The Labute approximate surface area is 143 Å². The second-order valence-corrected chi connectivity index (χ2v) is 5.47. The first kappa shape index (κ1) is 27.0. The highest BCUT2D eigenvalue weighted by Crippen LogP contribution is 2.37. The molecule has 10 heteroatoms. The molecule has 0 saturated heterocycles. The fraction of sp³-hybridized carbons (Fsp3) is 0.833. The molecule has 0 nitrogen and oxygen atoms in total. The van der Waals surface area contributed by atoms with E-state index in [0.717, 1.165) is 6.08 Å². The summed E-state index contributed by atoms with van der Waals surface area (Å²) in [5.74, 6) is 0. The van der Waals surface area contributed by atoms with Gasteiger partial charge in [0, 0.05) is 11.8 Å². The van der Waals surface area contributed by atoms with Crippen LogP contribution in [0.2, 0.25) is 0 Å². The molecular weight excluding hydrogens is 456 g/mol. The van der Waals surface area contributed by atoms with E-state index in [1.807, 2.05) is 0 Å². The van der Waals surface area contributed by atoms with Crippen molar-refractivity contribution in [3.8, 4) is 0 Å². The number of allylic oxidation sites excluding steroid dienone is 1. The van der Waals surface area contributed by atoms with E-state index >= 15 is 0 Å². The molecule has 136 valence electrons. The van der Waals surface area contributed by atoms with Crippen LogP contribution < -0.4 is 0 Å². The Balaban J connectivity index is -0.000000315. The van der Waals surface area contributed by atoms with Gasteiger partial charge in [0.2, 0.25) is 11.3 Å². The molecule has 0 fully saturated rings. The molecule has 0 radical (unpaired) electrons. The van der Waals surface area contributed by atoms with Gasteiger partial charge in [-0.25, -0.2) is 8.78 Å². The van der Waals surface area contributed by atoms with Crippen molar-refractivity contribution in [2.24, 2.45) is 0 Å². The smallest absolute Gasteiger partial charge is 0.234 e. The van der Waals surface area contributed by atoms with Gasteiger partial charge in [-0.05, 0) is 26.7 Å². The van der Waals surface area contributed by atoms with E-state index in [4.69, 9.17) is 0 Å². The van der Waals surface area contributed by atoms with Gasteiger partial charge in [0.25, 0.3) is 0 Å². The highest BCUT2D eigenvalue weighted by molar-refractivity contribution is 9.09. The monoisotopic (exact) mass is 472 g/mol. The SMILES string of the molecule is Br.C=CCC(C)(F)C(F)(F)F.CC(F)(CCCBr)C(F)(F)F. The van der Waals surface area contributed by atoms with Crippen molar-refractivity contribution >= 4 is 32.9 Å². The lowest BCUT2D eigenvalue weighted by molar-refractivity contribution is -0.225. The molecule has 0 aliphatic carbocycles. The van der Waals surface area contributed by atoms with E-state index in [-0.39, 0.29) is 23.4 Å². The van der Waals surface area contributed by atoms with Crippen LogP contribution in [-0.2, 0) is 0 Å². The molecule has 0 rings (SSSR count). The van der Waals surface area contributed by atoms with E-state index in [1.54, 1.807) is 0 Å². The lowest BCUT2D eigenvalue weighted by Crippen LogP contribution is -2.37. The van der Waals surface area contributed by atoms with Gasteiger partial charge in [-0.1, -0.05) is 22.0 Å². The summed E-state index contributed by atoms with van der Waals surface area (Å²) in [5.41, 5.74) is -6.17. The third-order valence-corrected chi connectivity index (χ3v) is 3.05. The summed E-state index contributed by atoms with van der Waals surface area (Å²) in [4.78, 5) is 0. The Morgan fingerprint density at radius 2 is 1.23 bits per heavy atom. The maximum atomic E-state index is 12.6. The van der Waals surface area contributed by atoms with E-state index in [0.29, 0.717) is 19.2 Å². The van der Waals surface area contributed by atoms with Crippen molar-refractivity contribution in [3.05, 3.63) is 12.7 Å². The first-order valence-electron chi connectivity index (χ1n) is 5.80. The lowest BCUT2D eigenvalue weighted by atomic mass is 10.0. The Kier molecular flexibility index (Phi) is 12.4. The number of halogens is 10. The zero-order valence-electron chi connectivity index (χ0n) is 11.9. The zero-order chi connectivity index (χ0) is 17.5. The minimum Gasteiger partial charge on any atom is -0.234 e. The minimum absolute atomic E-state index is 0. The summed E-state index contributed by atoms with van der Waals surface area (Å²) in [5, 5.41) is 0.391. The highest BCUT2D eigenvalue weighted by Gasteiger charge is 2.51. The normalized spacial score (nSPS) is 17.2. The van der Waals surface area contributed by atoms with Gasteiger partial charge in [0.15, 0.2) is 0 Å². The van der Waals surface area contributed by atoms with Crippen molar-refractivity contribution in [2.45, 2.75) is 56.8 Å². The zero-order valence-corrected chi connectivity index (χ0v) is 15.2. The second-order valence-electron chi connectivity index (χ2n) is 4.68. The molecule has 0 aromatic carbocycles. The quantitative estimate of drug-likeness (QED) is 0.232. The molecule has 0 bridgehead atoms. The summed E-state index contributed by atoms with van der Waals surface area (Å²) in [6, 6.07) is 0. The minimum atomic E-state index is -4.79. The first-order chi connectivity index (χ1) is 9.12. The Morgan fingerprint density at radius 1 is 0.864 bits per heavy atom. The van der Waals surface area contributed by atoms with E-state index in [1.165, 1.54) is 0 Å². The van der Waals surface area contributed by atoms with Gasteiger partial charge in [-0.15, -0.1) is 23.6 Å². The van der Waals surface area contributed by atoms with Crippen LogP contribution in [0, 0.1) is 0 Å². The molecule has 0 spiro atoms. The Bertz CT molecular complexity index is 307. The fourth-order valence-corrected chi connectivity index (χ4v) is 1.21. The molecule has 2 atom stereocenters. The topological polar surface area (TPSA) is 0 Å². The van der Waals surface area contributed by atoms with Crippen molar-refractivity contribution in [1.82, 2.24) is 0 Å². The number of rotatable bonds is 5. The third kappa shape index (κ3) is 10.0. The van der Waals surface area contributed by atoms with Crippen molar-refractivity contribution in [3.63, 3.8) is 0 Å². The number of alkyl halides is 9. The van der Waals surface area contributed by atoms with Crippen LogP contribution in [0.4, 0.5) is 35.1 Å². The molecule has 0 N–H and O–H groups in total. The van der Waals surface area contributed by atoms with Crippen LogP contribution in [0.5, 0.6) is 0 Å². The molecule has 0 aliphatic heterocycles. The Morgan fingerprint density at radius 3 is 1.41 bits per heavy atom. The fourth-order valence-electron chi connectivity index (χ4n) is 0.927. The molecular formula is C12H18Br2F8. The van der Waals surface area contributed by atoms with Gasteiger partial charge < -0.3 is 0 Å². The summed E-state index contributed by atoms with van der Waals surface area (Å²) in [6.45, 7) is 4.08. The number of hydrogen-bond acceptors (Lipinski definition) is 0. The average molecular weight is 474 g/mol. The van der Waals surface area contributed by atoms with Crippen molar-refractivity contribution in [1.29, 1.82) is 0 Å². The predicted molar refractivity (Wildman–Crippen MR) is 79.3 cm³/mol. The summed E-state index contributed by atoms with van der Waals surface area (Å²) in [6.07, 6.45) is -9.62. The van der Waals surface area contributed by atoms with Gasteiger partial charge >= 0.3 is 12.4 Å². The van der Waals surface area contributed by atoms with Crippen LogP contribution in [0.25, 0.3) is 0 Å². The predicted octanol–water partition coefficient (Wildman–Crippen LogP) is 6.88. The molecule has 2 unspecified atom stereocenters. The molecule has 0 amide bonds. The molecule has 0 aromatic rings. The largest absolute Gasteiger partial charge is 0.422 e. The van der Waals surface area contributed by atoms with Gasteiger partial charge in [0.1, 0.15) is 0 Å². The van der Waals surface area contributed by atoms with Crippen LogP contribution in [0.3, 0.4) is 0 Å². The lowest BCUT2D eigenvalue weighted by Gasteiger charge is -2.22. The highest BCUT2D eigenvalue weighted by atomic mass is 79.9. The second kappa shape index (κ2) is 10.1. The van der Waals surface area contributed by atoms with Crippen molar-refractivity contribution in [2.75, 3.05) is 5.33 Å². The number of hydrogen-bond donors (Lipinski definition) is 0. The van der Waals surface area contributed by atoms with E-state index in [2.05, 4.69) is 22.5 Å². The molecule has 0 saturated carbocycles. The van der Waals surface area contributed by atoms with Crippen LogP contribution in [-0.4, -0.2) is 29.0 Å². The van der Waals surface area contributed by atoms with Crippen LogP contribution in [0.15, 0.2) is 12.7 Å². The summed E-state index contributed by atoms with van der Waals surface area (Å²) in [7, 11) is 0. The molecule has 22 heavy (non-hydrogen) atoms. The van der Waals surface area contributed by atoms with Crippen LogP contribution >= 0.6 is 32.9 Å². The van der Waals surface area contributed by atoms with Gasteiger partial charge in [-0.2, -0.15) is 26.3 Å². The maximum Gasteiger partial charge on any atom is 0.422 e. The van der Waals surface area contributed by atoms with E-state index < -0.39 is 36.5 Å². The van der Waals surface area contributed by atoms with Crippen molar-refractivity contribution < 1.29 is 35.1 Å². The Hall–Kier alpha value is 0.140. The first-order valence-corrected chi connectivity index (χ1v) is 6.92. The molecule has 0 aliphatic rings. The van der Waals surface area contributed by atoms with Crippen LogP contribution in [0.1, 0.15) is 33.1 Å². The molecule has 0 heterocycles.